The van der Waals surface area contributed by atoms with Crippen molar-refractivity contribution in [2.24, 2.45) is 0 Å². The van der Waals surface area contributed by atoms with Gasteiger partial charge in [-0.05, 0) is 0 Å². The van der Waals surface area contributed by atoms with E-state index in [0.717, 1.165) is 25.9 Å². The zero-order valence-corrected chi connectivity index (χ0v) is 19.8. The molecule has 4 rings (SSSR count). The summed E-state index contributed by atoms with van der Waals surface area (Å²) in [6.45, 7) is 4.93. The fourth-order valence-electron chi connectivity index (χ4n) is 5.00. The predicted octanol–water partition coefficient (Wildman–Crippen LogP) is 4.84. The van der Waals surface area contributed by atoms with Crippen LogP contribution in [0.2, 0.25) is 0 Å². The molecular formula is C25H28ClOPSi. The summed E-state index contributed by atoms with van der Waals surface area (Å²) in [6, 6.07) is 32.1. The minimum atomic E-state index is -3.48. The molecule has 0 N–H and O–H groups in total. The molecular weight excluding hydrogens is 411 g/mol. The summed E-state index contributed by atoms with van der Waals surface area (Å²) in [7, 11) is -0.855. The molecule has 0 amide bonds. The molecule has 1 atom stereocenters. The standard InChI is InChI=1S/C25H28ClOPSi/c1-2-29-25(20-12-13-21-27-25)28(26,22-14-6-3-7-15-22,23-16-8-4-9-17-23)24-18-10-5-11-19-24/h2-11,14-19H,1,12-13,20-21,29H2. The van der Waals surface area contributed by atoms with E-state index in [1.165, 1.54) is 15.9 Å². The van der Waals surface area contributed by atoms with Gasteiger partial charge in [0.1, 0.15) is 0 Å². The van der Waals surface area contributed by atoms with Gasteiger partial charge in [0, 0.05) is 0 Å². The molecule has 0 bridgehead atoms. The van der Waals surface area contributed by atoms with Gasteiger partial charge in [0.15, 0.2) is 0 Å². The predicted molar refractivity (Wildman–Crippen MR) is 132 cm³/mol. The third-order valence-corrected chi connectivity index (χ3v) is 19.2. The SMILES string of the molecule is C=C[SiH2]C1(P(Cl)(c2ccccc2)(c2ccccc2)c2ccccc2)CCCCO1. The molecule has 0 saturated carbocycles. The van der Waals surface area contributed by atoms with Crippen molar-refractivity contribution in [1.82, 2.24) is 0 Å². The molecule has 0 aromatic heterocycles. The summed E-state index contributed by atoms with van der Waals surface area (Å²) >= 11 is 8.38. The number of benzene rings is 3. The third kappa shape index (κ3) is 2.97. The summed E-state index contributed by atoms with van der Waals surface area (Å²) in [6.07, 6.45) is 3.21. The molecule has 1 aliphatic rings. The summed E-state index contributed by atoms with van der Waals surface area (Å²) in [5.74, 6) is -3.48. The number of ether oxygens (including phenoxy) is 1. The molecule has 0 radical (unpaired) electrons. The van der Waals surface area contributed by atoms with Crippen LogP contribution in [-0.2, 0) is 4.74 Å². The number of rotatable bonds is 6. The maximum absolute atomic E-state index is 8.38. The fourth-order valence-corrected chi connectivity index (χ4v) is 17.0. The number of hydrogen-bond donors (Lipinski definition) is 0. The second kappa shape index (κ2) is 8.20. The van der Waals surface area contributed by atoms with E-state index in [1.807, 2.05) is 0 Å². The van der Waals surface area contributed by atoms with E-state index >= 15 is 0 Å². The van der Waals surface area contributed by atoms with Crippen molar-refractivity contribution in [3.8, 4) is 0 Å². The molecule has 1 unspecified atom stereocenters. The van der Waals surface area contributed by atoms with Crippen molar-refractivity contribution >= 4 is 42.6 Å². The van der Waals surface area contributed by atoms with Crippen molar-refractivity contribution in [3.05, 3.63) is 103 Å². The first-order chi connectivity index (χ1) is 14.2. The first-order valence-corrected chi connectivity index (χ1v) is 15.0. The van der Waals surface area contributed by atoms with Gasteiger partial charge in [-0.2, -0.15) is 0 Å². The van der Waals surface area contributed by atoms with Crippen molar-refractivity contribution in [3.63, 3.8) is 0 Å². The molecule has 1 saturated heterocycles. The van der Waals surface area contributed by atoms with E-state index in [4.69, 9.17) is 16.0 Å². The molecule has 1 nitrogen and oxygen atoms in total. The van der Waals surface area contributed by atoms with Crippen LogP contribution in [0.15, 0.2) is 103 Å². The topological polar surface area (TPSA) is 9.23 Å². The molecule has 0 aliphatic carbocycles. The van der Waals surface area contributed by atoms with E-state index in [-0.39, 0.29) is 0 Å². The molecule has 0 spiro atoms. The number of halogens is 1. The Morgan fingerprint density at radius 1 is 0.793 bits per heavy atom. The monoisotopic (exact) mass is 438 g/mol. The van der Waals surface area contributed by atoms with Crippen molar-refractivity contribution in [1.29, 1.82) is 0 Å². The Hall–Kier alpha value is -1.70. The van der Waals surface area contributed by atoms with Gasteiger partial charge in [0.2, 0.25) is 0 Å². The quantitative estimate of drug-likeness (QED) is 0.395. The van der Waals surface area contributed by atoms with Gasteiger partial charge in [-0.15, -0.1) is 0 Å². The Morgan fingerprint density at radius 3 is 1.59 bits per heavy atom. The first kappa shape index (κ1) is 20.6. The van der Waals surface area contributed by atoms with E-state index in [9.17, 15) is 0 Å². The van der Waals surface area contributed by atoms with E-state index < -0.39 is 20.4 Å². The average Bonchev–Trinajstić information content (AvgIpc) is 2.81. The Balaban J connectivity index is 2.20. The molecule has 4 heteroatoms. The van der Waals surface area contributed by atoms with E-state index in [0.29, 0.717) is 0 Å². The summed E-state index contributed by atoms with van der Waals surface area (Å²) < 4.78 is 6.85. The van der Waals surface area contributed by atoms with Crippen LogP contribution >= 0.6 is 17.2 Å². The van der Waals surface area contributed by atoms with Crippen molar-refractivity contribution < 1.29 is 4.74 Å². The van der Waals surface area contributed by atoms with E-state index in [2.05, 4.69) is 103 Å². The van der Waals surface area contributed by atoms with Crippen molar-refractivity contribution in [2.45, 2.75) is 24.2 Å². The Morgan fingerprint density at radius 2 is 1.24 bits per heavy atom. The molecule has 1 heterocycles. The zero-order chi connectivity index (χ0) is 20.2. The van der Waals surface area contributed by atoms with Crippen LogP contribution in [0, 0.1) is 0 Å². The van der Waals surface area contributed by atoms with Gasteiger partial charge in [-0.3, -0.25) is 0 Å². The summed E-state index contributed by atoms with van der Waals surface area (Å²) in [4.78, 5) is -0.392. The van der Waals surface area contributed by atoms with Gasteiger partial charge >= 0.3 is 181 Å². The van der Waals surface area contributed by atoms with Crippen LogP contribution < -0.4 is 15.9 Å². The Labute approximate surface area is 181 Å². The molecule has 29 heavy (non-hydrogen) atoms. The van der Waals surface area contributed by atoms with Crippen LogP contribution in [-0.4, -0.2) is 21.1 Å². The minimum absolute atomic E-state index is 0.392. The maximum atomic E-state index is 8.38. The Bertz CT molecular complexity index is 856. The molecule has 3 aromatic rings. The van der Waals surface area contributed by atoms with Gasteiger partial charge in [-0.25, -0.2) is 0 Å². The van der Waals surface area contributed by atoms with Crippen LogP contribution in [0.3, 0.4) is 0 Å². The number of hydrogen-bond acceptors (Lipinski definition) is 1. The van der Waals surface area contributed by atoms with Crippen LogP contribution in [0.25, 0.3) is 0 Å². The summed E-state index contributed by atoms with van der Waals surface area (Å²) in [5, 5.41) is 3.57. The first-order valence-electron chi connectivity index (χ1n) is 10.3. The van der Waals surface area contributed by atoms with Gasteiger partial charge in [-0.1, -0.05) is 0 Å². The second-order valence-electron chi connectivity index (χ2n) is 7.76. The molecule has 1 fully saturated rings. The molecule has 150 valence electrons. The van der Waals surface area contributed by atoms with E-state index in [1.54, 1.807) is 0 Å². The van der Waals surface area contributed by atoms with Crippen molar-refractivity contribution in [2.75, 3.05) is 6.61 Å². The van der Waals surface area contributed by atoms with Gasteiger partial charge < -0.3 is 0 Å². The third-order valence-electron chi connectivity index (χ3n) is 6.28. The molecule has 3 aromatic carbocycles. The van der Waals surface area contributed by atoms with Gasteiger partial charge in [0.25, 0.3) is 0 Å². The fraction of sp³-hybridized carbons (Fsp3) is 0.200. The average molecular weight is 439 g/mol. The Kier molecular flexibility index (Phi) is 5.82. The summed E-state index contributed by atoms with van der Waals surface area (Å²) in [5.41, 5.74) is 2.13. The zero-order valence-electron chi connectivity index (χ0n) is 16.7. The molecule has 1 aliphatic heterocycles. The normalized spacial score (nSPS) is 21.5. The van der Waals surface area contributed by atoms with Gasteiger partial charge in [0.05, 0.1) is 0 Å². The second-order valence-corrected chi connectivity index (χ2v) is 16.9. The van der Waals surface area contributed by atoms with Crippen LogP contribution in [0.4, 0.5) is 0 Å². The van der Waals surface area contributed by atoms with Crippen LogP contribution in [0.5, 0.6) is 0 Å². The van der Waals surface area contributed by atoms with Crippen LogP contribution in [0.1, 0.15) is 19.3 Å².